The molecule has 96 valence electrons. The van der Waals surface area contributed by atoms with Crippen molar-refractivity contribution in [3.05, 3.63) is 17.6 Å². The Labute approximate surface area is 104 Å². The van der Waals surface area contributed by atoms with Gasteiger partial charge in [0.15, 0.2) is 0 Å². The van der Waals surface area contributed by atoms with Crippen molar-refractivity contribution in [1.82, 2.24) is 14.9 Å². The van der Waals surface area contributed by atoms with Gasteiger partial charge in [-0.1, -0.05) is 20.8 Å². The first-order valence-corrected chi connectivity index (χ1v) is 6.29. The molecule has 0 spiro atoms. The Morgan fingerprint density at radius 3 is 2.53 bits per heavy atom. The molecule has 4 heteroatoms. The summed E-state index contributed by atoms with van der Waals surface area (Å²) in [5, 5.41) is 3.33. The molecule has 0 atom stereocenters. The van der Waals surface area contributed by atoms with Crippen LogP contribution < -0.4 is 5.32 Å². The maximum atomic E-state index is 4.59. The summed E-state index contributed by atoms with van der Waals surface area (Å²) < 4.78 is 0. The minimum Gasteiger partial charge on any atom is -0.370 e. The molecule has 4 nitrogen and oxygen atoms in total. The summed E-state index contributed by atoms with van der Waals surface area (Å²) in [5.41, 5.74) is 1.11. The Morgan fingerprint density at radius 2 is 2.00 bits per heavy atom. The van der Waals surface area contributed by atoms with Gasteiger partial charge >= 0.3 is 0 Å². The highest BCUT2D eigenvalue weighted by Gasteiger charge is 2.08. The molecule has 0 aromatic carbocycles. The molecule has 0 unspecified atom stereocenters. The number of aromatic nitrogens is 2. The summed E-state index contributed by atoms with van der Waals surface area (Å²) in [7, 11) is 4.06. The van der Waals surface area contributed by atoms with Crippen molar-refractivity contribution in [2.24, 2.45) is 0 Å². The van der Waals surface area contributed by atoms with E-state index in [9.17, 15) is 0 Å². The van der Waals surface area contributed by atoms with E-state index in [1.165, 1.54) is 0 Å². The summed E-state index contributed by atoms with van der Waals surface area (Å²) in [6.07, 6.45) is 1.10. The molecule has 0 bridgehead atoms. The largest absolute Gasteiger partial charge is 0.370 e. The van der Waals surface area contributed by atoms with E-state index in [0.29, 0.717) is 5.92 Å². The lowest BCUT2D eigenvalue weighted by molar-refractivity contribution is 0.389. The van der Waals surface area contributed by atoms with Crippen molar-refractivity contribution in [3.63, 3.8) is 0 Å². The van der Waals surface area contributed by atoms with Crippen molar-refractivity contribution in [2.45, 2.75) is 39.7 Å². The van der Waals surface area contributed by atoms with Crippen LogP contribution in [0.15, 0.2) is 6.07 Å². The Morgan fingerprint density at radius 1 is 1.29 bits per heavy atom. The fourth-order valence-electron chi connectivity index (χ4n) is 1.51. The number of nitrogens with one attached hydrogen (secondary N) is 1. The maximum absolute atomic E-state index is 4.59. The van der Waals surface area contributed by atoms with Gasteiger partial charge in [-0.25, -0.2) is 9.97 Å². The van der Waals surface area contributed by atoms with E-state index < -0.39 is 0 Å². The summed E-state index contributed by atoms with van der Waals surface area (Å²) in [4.78, 5) is 11.2. The molecule has 1 heterocycles. The van der Waals surface area contributed by atoms with Gasteiger partial charge in [-0.3, -0.25) is 0 Å². The number of nitrogens with zero attached hydrogens (tertiary/aromatic N) is 3. The third-order valence-electron chi connectivity index (χ3n) is 2.40. The Hall–Kier alpha value is -1.16. The molecular weight excluding hydrogens is 212 g/mol. The van der Waals surface area contributed by atoms with Gasteiger partial charge in [-0.15, -0.1) is 0 Å². The average Bonchev–Trinajstić information content (AvgIpc) is 2.25. The van der Waals surface area contributed by atoms with Gasteiger partial charge in [-0.05, 0) is 26.4 Å². The molecule has 0 aliphatic heterocycles. The van der Waals surface area contributed by atoms with E-state index in [4.69, 9.17) is 0 Å². The highest BCUT2D eigenvalue weighted by molar-refractivity contribution is 5.36. The van der Waals surface area contributed by atoms with Crippen molar-refractivity contribution < 1.29 is 0 Å². The van der Waals surface area contributed by atoms with E-state index in [1.54, 1.807) is 0 Å². The zero-order chi connectivity index (χ0) is 12.8. The van der Waals surface area contributed by atoms with Gasteiger partial charge in [0.2, 0.25) is 0 Å². The second-order valence-electron chi connectivity index (χ2n) is 4.91. The number of anilines is 1. The second-order valence-corrected chi connectivity index (χ2v) is 4.91. The number of hydrogen-bond acceptors (Lipinski definition) is 4. The van der Waals surface area contributed by atoms with Crippen molar-refractivity contribution in [2.75, 3.05) is 26.0 Å². The molecule has 1 aromatic heterocycles. The molecule has 0 radical (unpaired) electrons. The van der Waals surface area contributed by atoms with Crippen molar-refractivity contribution in [1.29, 1.82) is 0 Å². The summed E-state index contributed by atoms with van der Waals surface area (Å²) in [6.45, 7) is 8.20. The third kappa shape index (κ3) is 4.69. The molecule has 0 fully saturated rings. The molecule has 1 rings (SSSR count). The van der Waals surface area contributed by atoms with E-state index in [-0.39, 0.29) is 0 Å². The SMILES string of the molecule is CCCNc1cc(C(C)C)nc(CN(C)C)n1. The standard InChI is InChI=1S/C13H24N4/c1-6-7-14-12-8-11(10(2)3)15-13(16-12)9-17(4)5/h8,10H,6-7,9H2,1-5H3,(H,14,15,16). The van der Waals surface area contributed by atoms with Gasteiger partial charge in [0.05, 0.1) is 6.54 Å². The zero-order valence-electron chi connectivity index (χ0n) is 11.6. The highest BCUT2D eigenvalue weighted by Crippen LogP contribution is 2.16. The first kappa shape index (κ1) is 13.9. The van der Waals surface area contributed by atoms with Crippen LogP contribution in [0, 0.1) is 0 Å². The third-order valence-corrected chi connectivity index (χ3v) is 2.40. The van der Waals surface area contributed by atoms with E-state index >= 15 is 0 Å². The van der Waals surface area contributed by atoms with Crippen LogP contribution in [0.25, 0.3) is 0 Å². The Bertz CT molecular complexity index is 347. The van der Waals surface area contributed by atoms with Crippen molar-refractivity contribution >= 4 is 5.82 Å². The first-order valence-electron chi connectivity index (χ1n) is 6.29. The zero-order valence-corrected chi connectivity index (χ0v) is 11.6. The monoisotopic (exact) mass is 236 g/mol. The second kappa shape index (κ2) is 6.55. The predicted octanol–water partition coefficient (Wildman–Crippen LogP) is 2.48. The topological polar surface area (TPSA) is 41.1 Å². The van der Waals surface area contributed by atoms with Gasteiger partial charge in [0.25, 0.3) is 0 Å². The minimum atomic E-state index is 0.432. The molecule has 1 N–H and O–H groups in total. The van der Waals surface area contributed by atoms with Gasteiger partial charge in [0.1, 0.15) is 11.6 Å². The lowest BCUT2D eigenvalue weighted by atomic mass is 10.1. The first-order chi connectivity index (χ1) is 8.02. The molecule has 0 saturated carbocycles. The van der Waals surface area contributed by atoms with Crippen LogP contribution >= 0.6 is 0 Å². The quantitative estimate of drug-likeness (QED) is 0.824. The molecule has 1 aromatic rings. The molecule has 0 saturated heterocycles. The van der Waals surface area contributed by atoms with Crippen LogP contribution in [0.1, 0.15) is 44.6 Å². The smallest absolute Gasteiger partial charge is 0.144 e. The molecule has 0 aliphatic carbocycles. The maximum Gasteiger partial charge on any atom is 0.144 e. The minimum absolute atomic E-state index is 0.432. The van der Waals surface area contributed by atoms with Crippen LogP contribution in [0.3, 0.4) is 0 Å². The van der Waals surface area contributed by atoms with Crippen LogP contribution in [0.5, 0.6) is 0 Å². The van der Waals surface area contributed by atoms with E-state index in [1.807, 2.05) is 14.1 Å². The highest BCUT2D eigenvalue weighted by atomic mass is 15.1. The molecular formula is C13H24N4. The van der Waals surface area contributed by atoms with Crippen LogP contribution in [0.2, 0.25) is 0 Å². The van der Waals surface area contributed by atoms with Crippen LogP contribution in [0.4, 0.5) is 5.82 Å². The van der Waals surface area contributed by atoms with Gasteiger partial charge in [-0.2, -0.15) is 0 Å². The summed E-state index contributed by atoms with van der Waals surface area (Å²) in [5.74, 6) is 2.27. The van der Waals surface area contributed by atoms with E-state index in [0.717, 1.165) is 36.8 Å². The predicted molar refractivity (Wildman–Crippen MR) is 72.3 cm³/mol. The fourth-order valence-corrected chi connectivity index (χ4v) is 1.51. The number of rotatable bonds is 6. The van der Waals surface area contributed by atoms with Gasteiger partial charge < -0.3 is 10.2 Å². The van der Waals surface area contributed by atoms with Crippen LogP contribution in [-0.4, -0.2) is 35.5 Å². The molecule has 0 amide bonds. The van der Waals surface area contributed by atoms with Crippen LogP contribution in [-0.2, 0) is 6.54 Å². The molecule has 0 aliphatic rings. The van der Waals surface area contributed by atoms with Gasteiger partial charge in [0, 0.05) is 18.3 Å². The summed E-state index contributed by atoms with van der Waals surface area (Å²) >= 11 is 0. The average molecular weight is 236 g/mol. The normalized spacial score (nSPS) is 11.2. The summed E-state index contributed by atoms with van der Waals surface area (Å²) in [6, 6.07) is 2.06. The lowest BCUT2D eigenvalue weighted by Crippen LogP contribution is -2.16. The Balaban J connectivity index is 2.92. The van der Waals surface area contributed by atoms with E-state index in [2.05, 4.69) is 47.0 Å². The number of hydrogen-bond donors (Lipinski definition) is 1. The fraction of sp³-hybridized carbons (Fsp3) is 0.692. The van der Waals surface area contributed by atoms with Crippen molar-refractivity contribution in [3.8, 4) is 0 Å². The lowest BCUT2D eigenvalue weighted by Gasteiger charge is -2.13. The molecule has 17 heavy (non-hydrogen) atoms. The Kier molecular flexibility index (Phi) is 5.35.